The van der Waals surface area contributed by atoms with Crippen LogP contribution in [0.15, 0.2) is 72.8 Å². The predicted octanol–water partition coefficient (Wildman–Crippen LogP) is 5.13. The van der Waals surface area contributed by atoms with Crippen LogP contribution in [0.3, 0.4) is 0 Å². The molecule has 0 aliphatic rings. The van der Waals surface area contributed by atoms with Gasteiger partial charge in [-0.15, -0.1) is 10.2 Å². The van der Waals surface area contributed by atoms with Gasteiger partial charge >= 0.3 is 5.97 Å². The van der Waals surface area contributed by atoms with Crippen LogP contribution in [0.4, 0.5) is 0 Å². The zero-order valence-electron chi connectivity index (χ0n) is 15.1. The third-order valence-electron chi connectivity index (χ3n) is 4.52. The molecular formula is C23H18N2O2. The van der Waals surface area contributed by atoms with Crippen LogP contribution in [-0.4, -0.2) is 16.2 Å². The van der Waals surface area contributed by atoms with Gasteiger partial charge in [0.05, 0.1) is 11.3 Å². The number of carbonyl (C=O) groups is 1. The van der Waals surface area contributed by atoms with E-state index in [2.05, 4.69) is 28.4 Å². The van der Waals surface area contributed by atoms with Gasteiger partial charge in [-0.05, 0) is 48.4 Å². The number of fused-ring (bicyclic) bond motifs is 1. The molecule has 0 radical (unpaired) electrons. The number of hydrogen-bond donors (Lipinski definition) is 0. The van der Waals surface area contributed by atoms with E-state index in [1.54, 1.807) is 12.1 Å². The molecule has 0 bridgehead atoms. The Labute approximate surface area is 157 Å². The number of benzene rings is 3. The Bertz CT molecular complexity index is 1130. The molecule has 27 heavy (non-hydrogen) atoms. The summed E-state index contributed by atoms with van der Waals surface area (Å²) in [6.07, 6.45) is 0. The lowest BCUT2D eigenvalue weighted by Gasteiger charge is -2.08. The van der Waals surface area contributed by atoms with Gasteiger partial charge in [0.1, 0.15) is 0 Å². The Balaban J connectivity index is 1.60. The zero-order chi connectivity index (χ0) is 18.8. The fourth-order valence-electron chi connectivity index (χ4n) is 3.08. The smallest absolute Gasteiger partial charge is 0.345 e. The highest BCUT2D eigenvalue weighted by Gasteiger charge is 2.13. The van der Waals surface area contributed by atoms with Crippen LogP contribution in [0.1, 0.15) is 21.5 Å². The first kappa shape index (κ1) is 16.9. The van der Waals surface area contributed by atoms with Gasteiger partial charge in [-0.3, -0.25) is 0 Å². The second-order valence-corrected chi connectivity index (χ2v) is 6.49. The average Bonchev–Trinajstić information content (AvgIpc) is 2.70. The SMILES string of the molecule is Cc1ccc(C)c(-c2ccc(OC(=O)c3cccc4ccccc34)nn2)c1. The fraction of sp³-hybridized carbons (Fsp3) is 0.0870. The van der Waals surface area contributed by atoms with E-state index in [0.717, 1.165) is 33.2 Å². The van der Waals surface area contributed by atoms with Gasteiger partial charge in [0.15, 0.2) is 0 Å². The van der Waals surface area contributed by atoms with Crippen LogP contribution in [0, 0.1) is 13.8 Å². The van der Waals surface area contributed by atoms with Gasteiger partial charge < -0.3 is 4.74 Å². The maximum Gasteiger partial charge on any atom is 0.345 e. The highest BCUT2D eigenvalue weighted by atomic mass is 16.5. The molecule has 1 aromatic heterocycles. The summed E-state index contributed by atoms with van der Waals surface area (Å²) >= 11 is 0. The molecule has 0 amide bonds. The van der Waals surface area contributed by atoms with Crippen molar-refractivity contribution in [3.63, 3.8) is 0 Å². The van der Waals surface area contributed by atoms with Crippen LogP contribution in [0.5, 0.6) is 5.88 Å². The maximum absolute atomic E-state index is 12.6. The molecule has 4 aromatic rings. The number of ether oxygens (including phenoxy) is 1. The van der Waals surface area contributed by atoms with E-state index in [1.807, 2.05) is 56.3 Å². The number of rotatable bonds is 3. The van der Waals surface area contributed by atoms with Gasteiger partial charge in [-0.25, -0.2) is 4.79 Å². The Hall–Kier alpha value is -3.53. The number of aryl methyl sites for hydroxylation is 2. The molecule has 132 valence electrons. The number of carbonyl (C=O) groups excluding carboxylic acids is 1. The van der Waals surface area contributed by atoms with Gasteiger partial charge in [-0.1, -0.05) is 54.1 Å². The lowest BCUT2D eigenvalue weighted by Crippen LogP contribution is -2.10. The Morgan fingerprint density at radius 3 is 2.48 bits per heavy atom. The van der Waals surface area contributed by atoms with E-state index >= 15 is 0 Å². The number of aromatic nitrogens is 2. The van der Waals surface area contributed by atoms with Crippen molar-refractivity contribution in [1.82, 2.24) is 10.2 Å². The molecule has 0 saturated heterocycles. The van der Waals surface area contributed by atoms with Crippen molar-refractivity contribution in [1.29, 1.82) is 0 Å². The van der Waals surface area contributed by atoms with E-state index < -0.39 is 5.97 Å². The Kier molecular flexibility index (Phi) is 4.38. The Morgan fingerprint density at radius 1 is 0.852 bits per heavy atom. The molecular weight excluding hydrogens is 336 g/mol. The number of hydrogen-bond acceptors (Lipinski definition) is 4. The number of esters is 1. The van der Waals surface area contributed by atoms with E-state index in [-0.39, 0.29) is 5.88 Å². The zero-order valence-corrected chi connectivity index (χ0v) is 15.1. The van der Waals surface area contributed by atoms with Gasteiger partial charge in [-0.2, -0.15) is 0 Å². The monoisotopic (exact) mass is 354 g/mol. The first-order chi connectivity index (χ1) is 13.1. The van der Waals surface area contributed by atoms with E-state index in [9.17, 15) is 4.79 Å². The van der Waals surface area contributed by atoms with E-state index in [1.165, 1.54) is 0 Å². The summed E-state index contributed by atoms with van der Waals surface area (Å²) in [6.45, 7) is 4.07. The van der Waals surface area contributed by atoms with E-state index in [0.29, 0.717) is 5.56 Å². The lowest BCUT2D eigenvalue weighted by molar-refractivity contribution is 0.0728. The van der Waals surface area contributed by atoms with Crippen molar-refractivity contribution in [2.45, 2.75) is 13.8 Å². The molecule has 4 nitrogen and oxygen atoms in total. The lowest BCUT2D eigenvalue weighted by atomic mass is 10.0. The predicted molar refractivity (Wildman–Crippen MR) is 106 cm³/mol. The Morgan fingerprint density at radius 2 is 1.67 bits per heavy atom. The minimum absolute atomic E-state index is 0.182. The molecule has 0 aliphatic heterocycles. The van der Waals surface area contributed by atoms with Gasteiger partial charge in [0, 0.05) is 11.6 Å². The van der Waals surface area contributed by atoms with Crippen molar-refractivity contribution in [2.75, 3.05) is 0 Å². The normalized spacial score (nSPS) is 10.7. The summed E-state index contributed by atoms with van der Waals surface area (Å²) in [4.78, 5) is 12.6. The quantitative estimate of drug-likeness (QED) is 0.478. The summed E-state index contributed by atoms with van der Waals surface area (Å²) in [7, 11) is 0. The first-order valence-corrected chi connectivity index (χ1v) is 8.73. The summed E-state index contributed by atoms with van der Waals surface area (Å²) in [6, 6.07) is 22.9. The molecule has 0 aliphatic carbocycles. The molecule has 0 fully saturated rings. The van der Waals surface area contributed by atoms with Gasteiger partial charge in [0.2, 0.25) is 5.88 Å². The average molecular weight is 354 g/mol. The largest absolute Gasteiger partial charge is 0.402 e. The summed E-state index contributed by atoms with van der Waals surface area (Å²) < 4.78 is 5.44. The summed E-state index contributed by atoms with van der Waals surface area (Å²) in [5, 5.41) is 10.2. The highest BCUT2D eigenvalue weighted by molar-refractivity contribution is 6.05. The van der Waals surface area contributed by atoms with Crippen molar-refractivity contribution in [2.24, 2.45) is 0 Å². The molecule has 1 heterocycles. The van der Waals surface area contributed by atoms with Crippen molar-refractivity contribution >= 4 is 16.7 Å². The molecule has 0 atom stereocenters. The standard InChI is InChI=1S/C23H18N2O2/c1-15-10-11-16(2)20(14-15)21-12-13-22(25-24-21)27-23(26)19-9-5-7-17-6-3-4-8-18(17)19/h3-14H,1-2H3. The second-order valence-electron chi connectivity index (χ2n) is 6.49. The minimum atomic E-state index is -0.444. The van der Waals surface area contributed by atoms with Crippen molar-refractivity contribution in [3.05, 3.63) is 89.5 Å². The van der Waals surface area contributed by atoms with Crippen LogP contribution in [-0.2, 0) is 0 Å². The number of nitrogens with zero attached hydrogens (tertiary/aromatic N) is 2. The van der Waals surface area contributed by atoms with Crippen LogP contribution in [0.25, 0.3) is 22.0 Å². The molecule has 0 saturated carbocycles. The molecule has 0 N–H and O–H groups in total. The molecule has 0 unspecified atom stereocenters. The van der Waals surface area contributed by atoms with Crippen LogP contribution >= 0.6 is 0 Å². The second kappa shape index (κ2) is 7.00. The first-order valence-electron chi connectivity index (χ1n) is 8.73. The topological polar surface area (TPSA) is 52.1 Å². The third kappa shape index (κ3) is 3.42. The van der Waals surface area contributed by atoms with Crippen molar-refractivity contribution in [3.8, 4) is 17.1 Å². The molecule has 4 heteroatoms. The van der Waals surface area contributed by atoms with Gasteiger partial charge in [0.25, 0.3) is 0 Å². The maximum atomic E-state index is 12.6. The molecule has 0 spiro atoms. The summed E-state index contributed by atoms with van der Waals surface area (Å²) in [5.41, 5.74) is 4.56. The fourth-order valence-corrected chi connectivity index (χ4v) is 3.08. The van der Waals surface area contributed by atoms with Crippen molar-refractivity contribution < 1.29 is 9.53 Å². The minimum Gasteiger partial charge on any atom is -0.402 e. The van der Waals surface area contributed by atoms with E-state index in [4.69, 9.17) is 4.74 Å². The van der Waals surface area contributed by atoms with Crippen LogP contribution in [0.2, 0.25) is 0 Å². The van der Waals surface area contributed by atoms with Crippen LogP contribution < -0.4 is 4.74 Å². The highest BCUT2D eigenvalue weighted by Crippen LogP contribution is 2.24. The molecule has 4 rings (SSSR count). The third-order valence-corrected chi connectivity index (χ3v) is 4.52. The summed E-state index contributed by atoms with van der Waals surface area (Å²) in [5.74, 6) is -0.262. The molecule has 3 aromatic carbocycles.